The van der Waals surface area contributed by atoms with Gasteiger partial charge in [-0.2, -0.15) is 10.1 Å². The normalized spacial score (nSPS) is 18.4. The molecule has 3 aromatic heterocycles. The Morgan fingerprint density at radius 1 is 1.43 bits per heavy atom. The van der Waals surface area contributed by atoms with Gasteiger partial charge in [0.2, 0.25) is 0 Å². The highest BCUT2D eigenvalue weighted by Crippen LogP contribution is 2.23. The summed E-state index contributed by atoms with van der Waals surface area (Å²) in [6.45, 7) is 1.84. The lowest BCUT2D eigenvalue weighted by Gasteiger charge is -2.13. The molecule has 0 aliphatic carbocycles. The molecule has 7 heteroatoms. The number of hydrogen-bond acceptors (Lipinski definition) is 5. The highest BCUT2D eigenvalue weighted by Gasteiger charge is 2.19. The summed E-state index contributed by atoms with van der Waals surface area (Å²) in [5, 5.41) is 7.49. The summed E-state index contributed by atoms with van der Waals surface area (Å²) in [5.74, 6) is 0. The highest BCUT2D eigenvalue weighted by atomic mass is 16.5. The van der Waals surface area contributed by atoms with Crippen molar-refractivity contribution in [3.05, 3.63) is 30.9 Å². The van der Waals surface area contributed by atoms with Gasteiger partial charge in [-0.25, -0.2) is 4.98 Å². The minimum Gasteiger partial charge on any atom is -0.460 e. The summed E-state index contributed by atoms with van der Waals surface area (Å²) in [4.78, 5) is 8.99. The molecule has 0 unspecified atom stereocenters. The van der Waals surface area contributed by atoms with Gasteiger partial charge < -0.3 is 10.1 Å². The Morgan fingerprint density at radius 2 is 2.38 bits per heavy atom. The van der Waals surface area contributed by atoms with Crippen molar-refractivity contribution in [3.63, 3.8) is 0 Å². The van der Waals surface area contributed by atoms with Crippen molar-refractivity contribution >= 4 is 5.65 Å². The fourth-order valence-corrected chi connectivity index (χ4v) is 2.56. The molecule has 1 N–H and O–H groups in total. The molecule has 21 heavy (non-hydrogen) atoms. The summed E-state index contributed by atoms with van der Waals surface area (Å²) in [5.41, 5.74) is 2.60. The fourth-order valence-electron chi connectivity index (χ4n) is 2.56. The van der Waals surface area contributed by atoms with E-state index >= 15 is 0 Å². The van der Waals surface area contributed by atoms with Crippen LogP contribution in [0.5, 0.6) is 6.01 Å². The van der Waals surface area contributed by atoms with Crippen LogP contribution in [0.1, 0.15) is 6.42 Å². The number of nitrogens with one attached hydrogen (secondary N) is 1. The number of fused-ring (bicyclic) bond motifs is 1. The highest BCUT2D eigenvalue weighted by molar-refractivity contribution is 5.62. The van der Waals surface area contributed by atoms with Crippen LogP contribution in [0.25, 0.3) is 16.9 Å². The van der Waals surface area contributed by atoms with Crippen molar-refractivity contribution < 1.29 is 4.74 Å². The molecule has 1 saturated heterocycles. The SMILES string of the molecule is Cn1cc(-c2cc3nccn3c(O[C@@H]3CCNC3)n2)cn1. The van der Waals surface area contributed by atoms with E-state index in [9.17, 15) is 0 Å². The molecule has 4 heterocycles. The lowest BCUT2D eigenvalue weighted by molar-refractivity contribution is 0.202. The maximum Gasteiger partial charge on any atom is 0.303 e. The van der Waals surface area contributed by atoms with Crippen molar-refractivity contribution in [2.24, 2.45) is 7.05 Å². The van der Waals surface area contributed by atoms with Crippen LogP contribution >= 0.6 is 0 Å². The van der Waals surface area contributed by atoms with Crippen LogP contribution in [0, 0.1) is 0 Å². The van der Waals surface area contributed by atoms with Crippen LogP contribution in [-0.4, -0.2) is 43.3 Å². The third-order valence-electron chi connectivity index (χ3n) is 3.65. The van der Waals surface area contributed by atoms with E-state index in [2.05, 4.69) is 20.4 Å². The number of aryl methyl sites for hydroxylation is 1. The van der Waals surface area contributed by atoms with Gasteiger partial charge in [0.1, 0.15) is 11.8 Å². The third kappa shape index (κ3) is 2.25. The van der Waals surface area contributed by atoms with Gasteiger partial charge in [0, 0.05) is 43.8 Å². The molecule has 1 aliphatic rings. The molecule has 3 aromatic rings. The second-order valence-corrected chi connectivity index (χ2v) is 5.21. The van der Waals surface area contributed by atoms with Gasteiger partial charge in [0.15, 0.2) is 0 Å². The zero-order chi connectivity index (χ0) is 14.2. The van der Waals surface area contributed by atoms with Crippen LogP contribution < -0.4 is 10.1 Å². The predicted octanol–water partition coefficient (Wildman–Crippen LogP) is 0.870. The molecular weight excluding hydrogens is 268 g/mol. The van der Waals surface area contributed by atoms with Crippen molar-refractivity contribution in [2.75, 3.05) is 13.1 Å². The quantitative estimate of drug-likeness (QED) is 0.773. The van der Waals surface area contributed by atoms with Gasteiger partial charge in [-0.3, -0.25) is 9.08 Å². The maximum absolute atomic E-state index is 6.04. The minimum absolute atomic E-state index is 0.159. The predicted molar refractivity (Wildman–Crippen MR) is 77.1 cm³/mol. The zero-order valence-electron chi connectivity index (χ0n) is 11.7. The smallest absolute Gasteiger partial charge is 0.303 e. The third-order valence-corrected chi connectivity index (χ3v) is 3.65. The van der Waals surface area contributed by atoms with Crippen LogP contribution in [0.15, 0.2) is 30.9 Å². The van der Waals surface area contributed by atoms with E-state index in [1.165, 1.54) is 0 Å². The summed E-state index contributed by atoms with van der Waals surface area (Å²) >= 11 is 0. The summed E-state index contributed by atoms with van der Waals surface area (Å²) in [7, 11) is 1.89. The summed E-state index contributed by atoms with van der Waals surface area (Å²) in [6, 6.07) is 2.52. The molecule has 0 aromatic carbocycles. The Bertz CT molecular complexity index is 771. The number of rotatable bonds is 3. The van der Waals surface area contributed by atoms with E-state index in [4.69, 9.17) is 4.74 Å². The Morgan fingerprint density at radius 3 is 3.14 bits per heavy atom. The molecule has 108 valence electrons. The largest absolute Gasteiger partial charge is 0.460 e. The molecule has 0 saturated carbocycles. The fraction of sp³-hybridized carbons (Fsp3) is 0.357. The molecule has 1 aliphatic heterocycles. The average Bonchev–Trinajstić information content (AvgIpc) is 3.18. The van der Waals surface area contributed by atoms with Gasteiger partial charge in [-0.15, -0.1) is 0 Å². The van der Waals surface area contributed by atoms with Gasteiger partial charge in [0.05, 0.1) is 11.9 Å². The summed E-state index contributed by atoms with van der Waals surface area (Å²) < 4.78 is 9.67. The first-order valence-corrected chi connectivity index (χ1v) is 7.00. The lowest BCUT2D eigenvalue weighted by Crippen LogP contribution is -2.21. The van der Waals surface area contributed by atoms with E-state index in [1.54, 1.807) is 17.1 Å². The van der Waals surface area contributed by atoms with Crippen LogP contribution in [-0.2, 0) is 7.05 Å². The molecule has 0 bridgehead atoms. The standard InChI is InChI=1S/C14H16N6O/c1-19-9-10(7-17-19)12-6-13-16-4-5-20(13)14(18-12)21-11-2-3-15-8-11/h4-7,9,11,15H,2-3,8H2,1H3/t11-/m1/s1. The first kappa shape index (κ1) is 12.3. The molecule has 1 atom stereocenters. The van der Waals surface area contributed by atoms with E-state index < -0.39 is 0 Å². The van der Waals surface area contributed by atoms with Gasteiger partial charge >= 0.3 is 6.01 Å². The van der Waals surface area contributed by atoms with Crippen LogP contribution in [0.4, 0.5) is 0 Å². The van der Waals surface area contributed by atoms with Crippen molar-refractivity contribution in [1.82, 2.24) is 29.5 Å². The average molecular weight is 284 g/mol. The monoisotopic (exact) mass is 284 g/mol. The number of nitrogens with zero attached hydrogens (tertiary/aromatic N) is 5. The second kappa shape index (κ2) is 4.85. The first-order valence-electron chi connectivity index (χ1n) is 7.00. The summed E-state index contributed by atoms with van der Waals surface area (Å²) in [6.07, 6.45) is 8.50. The maximum atomic E-state index is 6.04. The number of ether oxygens (including phenoxy) is 1. The zero-order valence-corrected chi connectivity index (χ0v) is 11.7. The molecule has 0 radical (unpaired) electrons. The topological polar surface area (TPSA) is 69.3 Å². The van der Waals surface area contributed by atoms with Gasteiger partial charge in [-0.1, -0.05) is 0 Å². The first-order chi connectivity index (χ1) is 10.3. The van der Waals surface area contributed by atoms with Crippen molar-refractivity contribution in [3.8, 4) is 17.3 Å². The molecule has 7 nitrogen and oxygen atoms in total. The van der Waals surface area contributed by atoms with E-state index in [0.717, 1.165) is 36.4 Å². The Kier molecular flexibility index (Phi) is 2.85. The van der Waals surface area contributed by atoms with Crippen molar-refractivity contribution in [1.29, 1.82) is 0 Å². The second-order valence-electron chi connectivity index (χ2n) is 5.21. The Balaban J connectivity index is 1.78. The Labute approximate surface area is 121 Å². The minimum atomic E-state index is 0.159. The molecule has 0 spiro atoms. The van der Waals surface area contributed by atoms with Gasteiger partial charge in [0.25, 0.3) is 0 Å². The van der Waals surface area contributed by atoms with Crippen LogP contribution in [0.2, 0.25) is 0 Å². The molecule has 0 amide bonds. The lowest BCUT2D eigenvalue weighted by atomic mass is 10.2. The number of imidazole rings is 1. The molecule has 4 rings (SSSR count). The molecular formula is C14H16N6O. The Hall–Kier alpha value is -2.41. The number of hydrogen-bond donors (Lipinski definition) is 1. The van der Waals surface area contributed by atoms with E-state index in [-0.39, 0.29) is 6.10 Å². The van der Waals surface area contributed by atoms with E-state index in [0.29, 0.717) is 6.01 Å². The van der Waals surface area contributed by atoms with E-state index in [1.807, 2.05) is 29.9 Å². The van der Waals surface area contributed by atoms with Crippen LogP contribution in [0.3, 0.4) is 0 Å². The molecule has 1 fully saturated rings. The van der Waals surface area contributed by atoms with Gasteiger partial charge in [-0.05, 0) is 13.0 Å². The number of aromatic nitrogens is 5. The van der Waals surface area contributed by atoms with Crippen molar-refractivity contribution in [2.45, 2.75) is 12.5 Å².